The lowest BCUT2D eigenvalue weighted by Crippen LogP contribution is -2.42. The van der Waals surface area contributed by atoms with Crippen molar-refractivity contribution >= 4 is 52.5 Å². The van der Waals surface area contributed by atoms with Gasteiger partial charge in [-0.25, -0.2) is 0 Å². The molecular formula is C33H33N3O7S2. The maximum atomic E-state index is 13.7. The van der Waals surface area contributed by atoms with E-state index in [1.54, 1.807) is 11.8 Å². The first-order valence-corrected chi connectivity index (χ1v) is 17.0. The molecule has 7 atom stereocenters. The summed E-state index contributed by atoms with van der Waals surface area (Å²) in [5.74, 6) is -1.35. The van der Waals surface area contributed by atoms with Crippen molar-refractivity contribution in [2.24, 2.45) is 29.6 Å². The molecule has 6 unspecified atom stereocenters. The molecule has 45 heavy (non-hydrogen) atoms. The summed E-state index contributed by atoms with van der Waals surface area (Å²) in [5, 5.41) is 12.7. The highest BCUT2D eigenvalue weighted by Crippen LogP contribution is 2.68. The minimum absolute atomic E-state index is 0.0268. The van der Waals surface area contributed by atoms with Crippen LogP contribution in [0, 0.1) is 29.6 Å². The van der Waals surface area contributed by atoms with Gasteiger partial charge in [-0.2, -0.15) is 0 Å². The van der Waals surface area contributed by atoms with Crippen molar-refractivity contribution in [3.63, 3.8) is 0 Å². The van der Waals surface area contributed by atoms with E-state index >= 15 is 0 Å². The summed E-state index contributed by atoms with van der Waals surface area (Å²) in [5.41, 5.74) is 1.71. The molecule has 0 spiro atoms. The lowest BCUT2D eigenvalue weighted by Gasteiger charge is -2.43. The van der Waals surface area contributed by atoms with Crippen molar-refractivity contribution in [3.8, 4) is 5.75 Å². The molecule has 3 amide bonds. The number of unbranched alkanes of at least 4 members (excludes halogenated alkanes) is 2. The van der Waals surface area contributed by atoms with Gasteiger partial charge in [0.1, 0.15) is 5.75 Å². The Kier molecular flexibility index (Phi) is 8.03. The lowest BCUT2D eigenvalue weighted by atomic mass is 9.68. The first-order chi connectivity index (χ1) is 21.8. The predicted octanol–water partition coefficient (Wildman–Crippen LogP) is 4.57. The number of thiazole rings is 1. The third kappa shape index (κ3) is 5.48. The number of fused-ring (bicyclic) bond motifs is 9. The topological polar surface area (TPSA) is 146 Å². The predicted molar refractivity (Wildman–Crippen MR) is 168 cm³/mol. The summed E-state index contributed by atoms with van der Waals surface area (Å²) in [4.78, 5) is 68.4. The lowest BCUT2D eigenvalue weighted by molar-refractivity contribution is -0.141. The van der Waals surface area contributed by atoms with Crippen LogP contribution in [-0.2, 0) is 19.2 Å². The molecule has 234 valence electrons. The highest BCUT2D eigenvalue weighted by Gasteiger charge is 2.69. The van der Waals surface area contributed by atoms with E-state index in [1.165, 1.54) is 16.2 Å². The van der Waals surface area contributed by atoms with Crippen LogP contribution in [0.15, 0.2) is 64.4 Å². The van der Waals surface area contributed by atoms with E-state index in [0.717, 1.165) is 21.9 Å². The van der Waals surface area contributed by atoms with Crippen molar-refractivity contribution in [2.75, 3.05) is 18.5 Å². The molecule has 1 saturated heterocycles. The van der Waals surface area contributed by atoms with Gasteiger partial charge in [0.15, 0.2) is 6.61 Å². The fraction of sp³-hybridized carbons (Fsp3) is 0.424. The number of ether oxygens (including phenoxy) is 1. The van der Waals surface area contributed by atoms with Crippen LogP contribution >= 0.6 is 23.1 Å². The van der Waals surface area contributed by atoms with Gasteiger partial charge in [-0.15, -0.1) is 11.8 Å². The number of benzene rings is 2. The molecule has 3 N–H and O–H groups in total. The minimum Gasteiger partial charge on any atom is -0.484 e. The Labute approximate surface area is 267 Å². The summed E-state index contributed by atoms with van der Waals surface area (Å²) in [6.07, 6.45) is 2.68. The zero-order chi connectivity index (χ0) is 31.2. The minimum atomic E-state index is -0.840. The van der Waals surface area contributed by atoms with Crippen molar-refractivity contribution in [1.82, 2.24) is 9.88 Å². The van der Waals surface area contributed by atoms with Crippen LogP contribution in [0.5, 0.6) is 5.75 Å². The largest absolute Gasteiger partial charge is 0.484 e. The smallest absolute Gasteiger partial charge is 0.305 e. The Morgan fingerprint density at radius 2 is 1.69 bits per heavy atom. The van der Waals surface area contributed by atoms with Crippen molar-refractivity contribution in [1.29, 1.82) is 0 Å². The summed E-state index contributed by atoms with van der Waals surface area (Å²) >= 11 is 2.87. The number of carboxylic acid groups (broad SMARTS) is 1. The second-order valence-corrected chi connectivity index (χ2v) is 14.5. The molecule has 0 radical (unpaired) electrons. The molecule has 2 saturated carbocycles. The van der Waals surface area contributed by atoms with Crippen LogP contribution < -0.4 is 14.9 Å². The number of aromatic amines is 1. The van der Waals surface area contributed by atoms with E-state index in [-0.39, 0.29) is 76.4 Å². The van der Waals surface area contributed by atoms with Crippen molar-refractivity contribution in [2.45, 2.75) is 48.3 Å². The number of rotatable bonds is 11. The normalized spacial score (nSPS) is 27.6. The number of nitrogens with zero attached hydrogens (tertiary/aromatic N) is 1. The average molecular weight is 648 g/mol. The molecule has 1 aromatic heterocycles. The SMILES string of the molecule is O=C(O)CCCCCN1C(=O)C2C3CC(C2C1=O)C1C3Sc2[nH]c(=O)sc2[C@@H]1c1ccc(OCC(=O)Nc2ccccc2)cc1. The van der Waals surface area contributed by atoms with Crippen LogP contribution in [0.4, 0.5) is 5.69 Å². The standard InChI is InChI=1S/C33H33N3O7S2/c37-22(34-18-7-3-1-4-8-18)16-43-19-12-10-17(11-13-19)24-25-20-15-21(28(25)44-30-29(24)45-33(42)35-30)27-26(20)31(40)36(32(27)41)14-6-2-5-9-23(38)39/h1,3-4,7-8,10-13,20-21,24-28H,2,5-6,9,14-16H2,(H,34,37)(H,35,42)(H,38,39)/t20?,21?,24-,25?,26?,27?,28?/m1/s1. The number of H-pyrrole nitrogens is 1. The van der Waals surface area contributed by atoms with Crippen LogP contribution in [0.25, 0.3) is 0 Å². The van der Waals surface area contributed by atoms with Gasteiger partial charge in [0.05, 0.1) is 16.9 Å². The van der Waals surface area contributed by atoms with E-state index in [9.17, 15) is 24.0 Å². The number of nitrogens with one attached hydrogen (secondary N) is 2. The number of thioether (sulfide) groups is 1. The number of hydrogen-bond donors (Lipinski definition) is 3. The van der Waals surface area contributed by atoms with Gasteiger partial charge in [-0.1, -0.05) is 48.1 Å². The van der Waals surface area contributed by atoms with Gasteiger partial charge in [0, 0.05) is 34.7 Å². The molecule has 2 aliphatic heterocycles. The van der Waals surface area contributed by atoms with Gasteiger partial charge in [-0.3, -0.25) is 28.9 Å². The van der Waals surface area contributed by atoms with Crippen LogP contribution in [-0.4, -0.2) is 57.1 Å². The first kappa shape index (κ1) is 29.8. The first-order valence-electron chi connectivity index (χ1n) is 15.3. The molecule has 2 aromatic carbocycles. The molecule has 10 nitrogen and oxygen atoms in total. The number of likely N-dealkylation sites (tertiary alicyclic amines) is 1. The Balaban J connectivity index is 1.08. The van der Waals surface area contributed by atoms with E-state index in [2.05, 4.69) is 10.3 Å². The molecule has 2 aliphatic carbocycles. The van der Waals surface area contributed by atoms with Gasteiger partial charge >= 0.3 is 10.8 Å². The monoisotopic (exact) mass is 647 g/mol. The van der Waals surface area contributed by atoms with Crippen LogP contribution in [0.2, 0.25) is 0 Å². The molecule has 3 aromatic rings. The highest BCUT2D eigenvalue weighted by atomic mass is 32.2. The molecule has 12 heteroatoms. The van der Waals surface area contributed by atoms with Gasteiger partial charge in [0.25, 0.3) is 5.91 Å². The van der Waals surface area contributed by atoms with E-state index in [0.29, 0.717) is 37.2 Å². The number of aromatic nitrogens is 1. The molecule has 3 heterocycles. The number of anilines is 1. The number of carboxylic acids is 1. The highest BCUT2D eigenvalue weighted by molar-refractivity contribution is 8.00. The molecule has 2 bridgehead atoms. The average Bonchev–Trinajstić information content (AvgIpc) is 3.76. The number of carbonyl (C=O) groups is 4. The number of hydrogen-bond acceptors (Lipinski definition) is 8. The number of amides is 3. The number of imide groups is 1. The van der Waals surface area contributed by atoms with E-state index in [4.69, 9.17) is 9.84 Å². The summed E-state index contributed by atoms with van der Waals surface area (Å²) in [6, 6.07) is 16.8. The van der Waals surface area contributed by atoms with Gasteiger partial charge < -0.3 is 20.1 Å². The Hall–Kier alpha value is -3.90. The quantitative estimate of drug-likeness (QED) is 0.203. The Morgan fingerprint density at radius 3 is 2.42 bits per heavy atom. The van der Waals surface area contributed by atoms with Crippen molar-refractivity contribution < 1.29 is 29.0 Å². The Morgan fingerprint density at radius 1 is 0.956 bits per heavy atom. The van der Waals surface area contributed by atoms with E-state index < -0.39 is 5.97 Å². The molecular weight excluding hydrogens is 615 g/mol. The summed E-state index contributed by atoms with van der Waals surface area (Å²) in [6.45, 7) is 0.197. The van der Waals surface area contributed by atoms with Crippen molar-refractivity contribution in [3.05, 3.63) is 74.7 Å². The number of carbonyl (C=O) groups excluding carboxylic acids is 3. The molecule has 4 aliphatic rings. The van der Waals surface area contributed by atoms with E-state index in [1.807, 2.05) is 54.6 Å². The second-order valence-electron chi connectivity index (χ2n) is 12.3. The summed E-state index contributed by atoms with van der Waals surface area (Å²) < 4.78 is 5.76. The second kappa shape index (κ2) is 12.1. The maximum Gasteiger partial charge on any atom is 0.305 e. The fourth-order valence-electron chi connectivity index (χ4n) is 8.03. The van der Waals surface area contributed by atoms with Gasteiger partial charge in [-0.05, 0) is 66.8 Å². The number of para-hydroxylation sites is 1. The molecule has 7 rings (SSSR count). The maximum absolute atomic E-state index is 13.7. The fourth-order valence-corrected chi connectivity index (χ4v) is 10.9. The van der Waals surface area contributed by atoms with Crippen LogP contribution in [0.1, 0.15) is 48.5 Å². The summed E-state index contributed by atoms with van der Waals surface area (Å²) in [7, 11) is 0. The van der Waals surface area contributed by atoms with Crippen LogP contribution in [0.3, 0.4) is 0 Å². The third-order valence-electron chi connectivity index (χ3n) is 9.75. The molecule has 3 fully saturated rings. The Bertz CT molecular complexity index is 1690. The zero-order valence-electron chi connectivity index (χ0n) is 24.3. The number of aliphatic carboxylic acids is 1. The van der Waals surface area contributed by atoms with Gasteiger partial charge in [0.2, 0.25) is 11.8 Å². The zero-order valence-corrected chi connectivity index (χ0v) is 26.0. The third-order valence-corrected chi connectivity index (χ3v) is 12.3.